The van der Waals surface area contributed by atoms with Crippen LogP contribution in [0.25, 0.3) is 0 Å². The van der Waals surface area contributed by atoms with Crippen LogP contribution in [-0.4, -0.2) is 17.9 Å². The lowest BCUT2D eigenvalue weighted by molar-refractivity contribution is -0.138. The largest absolute Gasteiger partial charge is 0.481 e. The van der Waals surface area contributed by atoms with Crippen LogP contribution < -0.4 is 9.47 Å². The molecule has 0 fully saturated rings. The van der Waals surface area contributed by atoms with Gasteiger partial charge >= 0.3 is 5.97 Å². The van der Waals surface area contributed by atoms with E-state index in [-0.39, 0.29) is 12.7 Å². The number of hydrogen-bond donors (Lipinski definition) is 1. The summed E-state index contributed by atoms with van der Waals surface area (Å²) in [5.74, 6) is 0.224. The third-order valence-electron chi connectivity index (χ3n) is 3.04. The third-order valence-corrected chi connectivity index (χ3v) is 3.04. The number of ether oxygens (including phenoxy) is 2. The Morgan fingerprint density at radius 1 is 1.18 bits per heavy atom. The Morgan fingerprint density at radius 3 is 2.18 bits per heavy atom. The van der Waals surface area contributed by atoms with Crippen LogP contribution in [0.1, 0.15) is 43.7 Å². The molecule has 1 atom stereocenters. The van der Waals surface area contributed by atoms with E-state index < -0.39 is 11.9 Å². The summed E-state index contributed by atoms with van der Waals surface area (Å²) in [4.78, 5) is 11.1. The van der Waals surface area contributed by atoms with Crippen molar-refractivity contribution in [1.82, 2.24) is 0 Å². The predicted molar refractivity (Wildman–Crippen MR) is 62.7 cm³/mol. The molecule has 1 aliphatic rings. The van der Waals surface area contributed by atoms with Gasteiger partial charge in [0.1, 0.15) is 0 Å². The second kappa shape index (κ2) is 4.28. The van der Waals surface area contributed by atoms with Crippen LogP contribution in [0.2, 0.25) is 0 Å². The number of rotatable bonds is 3. The first-order chi connectivity index (χ1) is 8.00. The van der Waals surface area contributed by atoms with Gasteiger partial charge in [0.05, 0.1) is 5.92 Å². The molecule has 0 aliphatic carbocycles. The molecular weight excluding hydrogens is 220 g/mol. The normalized spacial score (nSPS) is 15.1. The lowest BCUT2D eigenvalue weighted by atomic mass is 9.89. The van der Waals surface area contributed by atoms with Crippen LogP contribution in [-0.2, 0) is 4.79 Å². The van der Waals surface area contributed by atoms with E-state index in [2.05, 4.69) is 0 Å². The van der Waals surface area contributed by atoms with Crippen LogP contribution >= 0.6 is 0 Å². The van der Waals surface area contributed by atoms with Crippen molar-refractivity contribution >= 4 is 5.97 Å². The number of fused-ring (bicyclic) bond motifs is 1. The van der Waals surface area contributed by atoms with Gasteiger partial charge in [-0.25, -0.2) is 0 Å². The van der Waals surface area contributed by atoms with Crippen molar-refractivity contribution < 1.29 is 19.4 Å². The van der Waals surface area contributed by atoms with Crippen LogP contribution in [0.5, 0.6) is 11.5 Å². The summed E-state index contributed by atoms with van der Waals surface area (Å²) < 4.78 is 10.6. The minimum Gasteiger partial charge on any atom is -0.481 e. The predicted octanol–water partition coefficient (Wildman–Crippen LogP) is 2.73. The second-order valence-corrected chi connectivity index (χ2v) is 4.55. The van der Waals surface area contributed by atoms with Gasteiger partial charge < -0.3 is 14.6 Å². The van der Waals surface area contributed by atoms with Gasteiger partial charge in [-0.05, 0) is 36.1 Å². The van der Waals surface area contributed by atoms with Crippen molar-refractivity contribution in [1.29, 1.82) is 0 Å². The molecule has 1 heterocycles. The Morgan fingerprint density at radius 2 is 1.71 bits per heavy atom. The fourth-order valence-electron chi connectivity index (χ4n) is 1.98. The maximum absolute atomic E-state index is 11.1. The first-order valence-corrected chi connectivity index (χ1v) is 5.67. The zero-order valence-corrected chi connectivity index (χ0v) is 10.2. The van der Waals surface area contributed by atoms with Crippen molar-refractivity contribution in [2.24, 2.45) is 0 Å². The molecule has 17 heavy (non-hydrogen) atoms. The number of benzene rings is 1. The fraction of sp³-hybridized carbons (Fsp3) is 0.462. The van der Waals surface area contributed by atoms with E-state index >= 15 is 0 Å². The number of carbonyl (C=O) groups is 1. The average molecular weight is 236 g/mol. The minimum atomic E-state index is -0.828. The van der Waals surface area contributed by atoms with E-state index in [1.807, 2.05) is 19.9 Å². The lowest BCUT2D eigenvalue weighted by Gasteiger charge is -2.16. The number of carboxylic acid groups (broad SMARTS) is 1. The Balaban J connectivity index is 2.52. The summed E-state index contributed by atoms with van der Waals surface area (Å²) in [6, 6.07) is 3.68. The molecule has 0 saturated carbocycles. The highest BCUT2D eigenvalue weighted by Gasteiger charge is 2.24. The average Bonchev–Trinajstić information content (AvgIpc) is 2.72. The monoisotopic (exact) mass is 236 g/mol. The topological polar surface area (TPSA) is 55.8 Å². The number of carboxylic acids is 1. The first kappa shape index (κ1) is 11.8. The Bertz CT molecular complexity index is 451. The molecule has 1 aliphatic heterocycles. The highest BCUT2D eigenvalue weighted by molar-refractivity contribution is 5.77. The quantitative estimate of drug-likeness (QED) is 0.876. The van der Waals surface area contributed by atoms with E-state index in [0.29, 0.717) is 11.5 Å². The summed E-state index contributed by atoms with van der Waals surface area (Å²) in [5.41, 5.74) is 1.81. The van der Waals surface area contributed by atoms with Crippen LogP contribution in [0.4, 0.5) is 0 Å². The van der Waals surface area contributed by atoms with E-state index in [9.17, 15) is 4.79 Å². The van der Waals surface area contributed by atoms with E-state index in [4.69, 9.17) is 14.6 Å². The van der Waals surface area contributed by atoms with E-state index in [0.717, 1.165) is 11.1 Å². The van der Waals surface area contributed by atoms with Crippen molar-refractivity contribution in [2.45, 2.75) is 32.6 Å². The van der Waals surface area contributed by atoms with E-state index in [1.165, 1.54) is 0 Å². The molecule has 4 nitrogen and oxygen atoms in total. The molecule has 0 aromatic heterocycles. The zero-order valence-electron chi connectivity index (χ0n) is 10.2. The summed E-state index contributed by atoms with van der Waals surface area (Å²) in [5, 5.41) is 9.12. The molecule has 1 N–H and O–H groups in total. The fourth-order valence-corrected chi connectivity index (χ4v) is 1.98. The van der Waals surface area contributed by atoms with Gasteiger partial charge in [0.15, 0.2) is 11.5 Å². The van der Waals surface area contributed by atoms with Crippen LogP contribution in [0.15, 0.2) is 12.1 Å². The Hall–Kier alpha value is -1.71. The molecule has 1 aromatic rings. The van der Waals surface area contributed by atoms with Gasteiger partial charge in [0.25, 0.3) is 0 Å². The molecule has 0 saturated heterocycles. The summed E-state index contributed by atoms with van der Waals surface area (Å²) in [7, 11) is 0. The van der Waals surface area contributed by atoms with Gasteiger partial charge in [0.2, 0.25) is 6.79 Å². The smallest absolute Gasteiger partial charge is 0.310 e. The zero-order chi connectivity index (χ0) is 12.6. The first-order valence-electron chi connectivity index (χ1n) is 5.67. The minimum absolute atomic E-state index is 0.206. The van der Waals surface area contributed by atoms with Gasteiger partial charge in [-0.2, -0.15) is 0 Å². The van der Waals surface area contributed by atoms with Crippen molar-refractivity contribution in [2.75, 3.05) is 6.79 Å². The highest BCUT2D eigenvalue weighted by atomic mass is 16.7. The molecule has 2 rings (SSSR count). The van der Waals surface area contributed by atoms with Gasteiger partial charge in [-0.1, -0.05) is 13.8 Å². The van der Waals surface area contributed by atoms with Crippen molar-refractivity contribution in [3.8, 4) is 11.5 Å². The second-order valence-electron chi connectivity index (χ2n) is 4.55. The number of aliphatic carboxylic acids is 1. The number of hydrogen-bond acceptors (Lipinski definition) is 3. The molecule has 0 amide bonds. The molecule has 1 aromatic carbocycles. The van der Waals surface area contributed by atoms with Gasteiger partial charge in [-0.15, -0.1) is 0 Å². The third kappa shape index (κ3) is 2.07. The molecule has 0 radical (unpaired) electrons. The lowest BCUT2D eigenvalue weighted by Crippen LogP contribution is -2.10. The SMILES string of the molecule is CC(C)c1cc2c(cc1C(C)C(=O)O)OCO2. The van der Waals surface area contributed by atoms with Crippen LogP contribution in [0.3, 0.4) is 0 Å². The van der Waals surface area contributed by atoms with Gasteiger partial charge in [-0.3, -0.25) is 4.79 Å². The molecular formula is C13H16O4. The molecule has 1 unspecified atom stereocenters. The molecule has 4 heteroatoms. The van der Waals surface area contributed by atoms with Crippen molar-refractivity contribution in [3.63, 3.8) is 0 Å². The maximum atomic E-state index is 11.1. The van der Waals surface area contributed by atoms with E-state index in [1.54, 1.807) is 13.0 Å². The molecule has 0 bridgehead atoms. The summed E-state index contributed by atoms with van der Waals surface area (Å²) in [6.07, 6.45) is 0. The van der Waals surface area contributed by atoms with Crippen LogP contribution in [0, 0.1) is 0 Å². The molecule has 92 valence electrons. The Labute approximate surface area is 100 Å². The summed E-state index contributed by atoms with van der Waals surface area (Å²) >= 11 is 0. The standard InChI is InChI=1S/C13H16O4/c1-7(2)9-4-11-12(17-6-16-11)5-10(9)8(3)13(14)15/h4-5,7-8H,6H2,1-3H3,(H,14,15). The maximum Gasteiger partial charge on any atom is 0.310 e. The molecule has 0 spiro atoms. The highest BCUT2D eigenvalue weighted by Crippen LogP contribution is 2.39. The Kier molecular flexibility index (Phi) is 2.96. The summed E-state index contributed by atoms with van der Waals surface area (Å²) in [6.45, 7) is 5.97. The van der Waals surface area contributed by atoms with Crippen molar-refractivity contribution in [3.05, 3.63) is 23.3 Å². The van der Waals surface area contributed by atoms with Gasteiger partial charge in [0, 0.05) is 0 Å².